The van der Waals surface area contributed by atoms with Gasteiger partial charge in [-0.05, 0) is 74.0 Å². The van der Waals surface area contributed by atoms with Crippen LogP contribution in [0.4, 0.5) is 13.2 Å². The third-order valence-corrected chi connectivity index (χ3v) is 7.78. The number of halogens is 4. The molecule has 1 aromatic carbocycles. The van der Waals surface area contributed by atoms with E-state index >= 15 is 0 Å². The van der Waals surface area contributed by atoms with Crippen molar-refractivity contribution < 1.29 is 22.8 Å². The van der Waals surface area contributed by atoms with Gasteiger partial charge in [0.05, 0.1) is 11.0 Å². The lowest BCUT2D eigenvalue weighted by Gasteiger charge is -2.56. The van der Waals surface area contributed by atoms with Crippen molar-refractivity contribution in [1.82, 2.24) is 10.4 Å². The molecule has 4 aliphatic carbocycles. The van der Waals surface area contributed by atoms with Crippen molar-refractivity contribution in [2.45, 2.75) is 56.1 Å². The van der Waals surface area contributed by atoms with Gasteiger partial charge in [-0.25, -0.2) is 5.01 Å². The molecule has 8 heteroatoms. The highest BCUT2D eigenvalue weighted by molar-refractivity contribution is 6.33. The highest BCUT2D eigenvalue weighted by Gasteiger charge is 2.56. The van der Waals surface area contributed by atoms with Crippen molar-refractivity contribution in [2.24, 2.45) is 23.2 Å². The summed E-state index contributed by atoms with van der Waals surface area (Å²) in [5, 5.41) is 0.310. The average molecular weight is 427 g/mol. The van der Waals surface area contributed by atoms with Crippen LogP contribution in [0.1, 0.15) is 55.7 Å². The van der Waals surface area contributed by atoms with Gasteiger partial charge in [-0.2, -0.15) is 13.2 Å². The van der Waals surface area contributed by atoms with Crippen molar-refractivity contribution >= 4 is 23.4 Å². The highest BCUT2D eigenvalue weighted by atomic mass is 35.5. The van der Waals surface area contributed by atoms with Crippen molar-refractivity contribution in [3.63, 3.8) is 0 Å². The van der Waals surface area contributed by atoms with Crippen LogP contribution in [-0.4, -0.2) is 22.2 Å². The molecule has 1 N–H and O–H groups in total. The quantitative estimate of drug-likeness (QED) is 0.573. The number of hydrazine groups is 1. The summed E-state index contributed by atoms with van der Waals surface area (Å²) in [7, 11) is 0. The maximum absolute atomic E-state index is 13.2. The number of β-lactam (4-membered cyclic amide) rings is 1. The molecule has 4 saturated carbocycles. The zero-order chi connectivity index (χ0) is 20.6. The van der Waals surface area contributed by atoms with Crippen LogP contribution in [0.2, 0.25) is 0 Å². The first kappa shape index (κ1) is 19.2. The Kier molecular flexibility index (Phi) is 4.22. The lowest BCUT2D eigenvalue weighted by molar-refractivity contribution is -0.166. The molecule has 1 aromatic rings. The number of hydrogen-bond donors (Lipinski definition) is 1. The van der Waals surface area contributed by atoms with Crippen LogP contribution in [0, 0.1) is 23.2 Å². The number of hydrogen-bond acceptors (Lipinski definition) is 2. The fraction of sp³-hybridized carbons (Fsp3) is 0.619. The number of carbonyl (C=O) groups is 2. The van der Waals surface area contributed by atoms with Gasteiger partial charge in [-0.3, -0.25) is 15.0 Å². The summed E-state index contributed by atoms with van der Waals surface area (Å²) in [5.74, 6) is 1.21. The Morgan fingerprint density at radius 1 is 1.03 bits per heavy atom. The van der Waals surface area contributed by atoms with E-state index in [0.717, 1.165) is 31.4 Å². The Morgan fingerprint density at radius 2 is 1.55 bits per heavy atom. The van der Waals surface area contributed by atoms with E-state index in [0.29, 0.717) is 23.3 Å². The summed E-state index contributed by atoms with van der Waals surface area (Å²) in [5.41, 5.74) is 2.08. The van der Waals surface area contributed by atoms with Crippen molar-refractivity contribution in [2.75, 3.05) is 0 Å². The van der Waals surface area contributed by atoms with Crippen LogP contribution in [0.15, 0.2) is 24.3 Å². The van der Waals surface area contributed by atoms with E-state index < -0.39 is 34.5 Å². The minimum absolute atomic E-state index is 0.134. The third-order valence-electron chi connectivity index (χ3n) is 7.35. The number of nitrogens with zero attached hydrogens (tertiary/aromatic N) is 1. The SMILES string of the molecule is O=C1C(Cl)C(c2ccc(C(F)(F)F)cc2)N1NC(=O)C12CC3CC(CC(C3)C1)C2. The summed E-state index contributed by atoms with van der Waals surface area (Å²) in [6.07, 6.45) is 1.76. The number of amides is 2. The number of alkyl halides is 4. The van der Waals surface area contributed by atoms with Gasteiger partial charge in [0.25, 0.3) is 5.91 Å². The lowest BCUT2D eigenvalue weighted by atomic mass is 9.49. The molecule has 1 aliphatic heterocycles. The minimum Gasteiger partial charge on any atom is -0.273 e. The third kappa shape index (κ3) is 3.04. The van der Waals surface area contributed by atoms with E-state index in [1.807, 2.05) is 0 Å². The second-order valence-electron chi connectivity index (χ2n) is 9.31. The molecule has 5 aliphatic rings. The van der Waals surface area contributed by atoms with Crippen molar-refractivity contribution in [3.05, 3.63) is 35.4 Å². The maximum Gasteiger partial charge on any atom is 0.416 e. The summed E-state index contributed by atoms with van der Waals surface area (Å²) < 4.78 is 38.4. The molecule has 2 amide bonds. The number of rotatable bonds is 3. The monoisotopic (exact) mass is 426 g/mol. The van der Waals surface area contributed by atoms with Gasteiger partial charge in [0.2, 0.25) is 5.91 Å². The first-order valence-electron chi connectivity index (χ1n) is 10.1. The van der Waals surface area contributed by atoms with E-state index in [1.54, 1.807) is 0 Å². The molecule has 1 heterocycles. The molecule has 4 nitrogen and oxygen atoms in total. The molecule has 0 aromatic heterocycles. The average Bonchev–Trinajstić information content (AvgIpc) is 2.65. The molecular weight excluding hydrogens is 405 g/mol. The number of benzene rings is 1. The van der Waals surface area contributed by atoms with Crippen LogP contribution < -0.4 is 5.43 Å². The van der Waals surface area contributed by atoms with Gasteiger partial charge < -0.3 is 0 Å². The van der Waals surface area contributed by atoms with E-state index in [4.69, 9.17) is 11.6 Å². The Hall–Kier alpha value is -1.76. The number of nitrogens with one attached hydrogen (secondary N) is 1. The van der Waals surface area contributed by atoms with Gasteiger partial charge in [0.15, 0.2) is 0 Å². The zero-order valence-corrected chi connectivity index (χ0v) is 16.5. The topological polar surface area (TPSA) is 49.4 Å². The largest absolute Gasteiger partial charge is 0.416 e. The Balaban J connectivity index is 1.34. The molecule has 156 valence electrons. The first-order chi connectivity index (χ1) is 13.7. The summed E-state index contributed by atoms with van der Waals surface area (Å²) in [6, 6.07) is 3.92. The maximum atomic E-state index is 13.2. The Bertz CT molecular complexity index is 819. The molecule has 5 fully saturated rings. The predicted molar refractivity (Wildman–Crippen MR) is 99.4 cm³/mol. The second kappa shape index (κ2) is 6.37. The highest BCUT2D eigenvalue weighted by Crippen LogP contribution is 2.60. The fourth-order valence-corrected chi connectivity index (χ4v) is 6.75. The zero-order valence-electron chi connectivity index (χ0n) is 15.7. The van der Waals surface area contributed by atoms with Gasteiger partial charge >= 0.3 is 6.18 Å². The van der Waals surface area contributed by atoms with Gasteiger partial charge in [-0.1, -0.05) is 12.1 Å². The van der Waals surface area contributed by atoms with Crippen LogP contribution in [0.3, 0.4) is 0 Å². The smallest absolute Gasteiger partial charge is 0.273 e. The first-order valence-corrected chi connectivity index (χ1v) is 10.6. The van der Waals surface area contributed by atoms with Crippen molar-refractivity contribution in [3.8, 4) is 0 Å². The van der Waals surface area contributed by atoms with Crippen LogP contribution in [0.25, 0.3) is 0 Å². The summed E-state index contributed by atoms with van der Waals surface area (Å²) in [6.45, 7) is 0. The van der Waals surface area contributed by atoms with Crippen LogP contribution >= 0.6 is 11.6 Å². The number of carbonyl (C=O) groups excluding carboxylic acids is 2. The molecule has 0 radical (unpaired) electrons. The molecule has 0 spiro atoms. The standard InChI is InChI=1S/C21H22ClF3N2O2/c22-16-17(14-1-3-15(4-2-14)21(23,24)25)27(18(16)28)26-19(29)20-8-11-5-12(9-20)7-13(6-11)10-20/h1-4,11-13,16-17H,5-10H2,(H,26,29). The van der Waals surface area contributed by atoms with E-state index in [2.05, 4.69) is 5.43 Å². The summed E-state index contributed by atoms with van der Waals surface area (Å²) in [4.78, 5) is 25.6. The molecule has 29 heavy (non-hydrogen) atoms. The lowest BCUT2D eigenvalue weighted by Crippen LogP contribution is -2.66. The van der Waals surface area contributed by atoms with E-state index in [1.165, 1.54) is 36.4 Å². The van der Waals surface area contributed by atoms with Gasteiger partial charge in [0.1, 0.15) is 11.4 Å². The molecule has 6 rings (SSSR count). The molecular formula is C21H22ClF3N2O2. The van der Waals surface area contributed by atoms with Gasteiger partial charge in [-0.15, -0.1) is 11.6 Å². The Labute approximate surface area is 171 Å². The van der Waals surface area contributed by atoms with Crippen molar-refractivity contribution in [1.29, 1.82) is 0 Å². The normalized spacial score (nSPS) is 38.1. The molecule has 2 atom stereocenters. The summed E-state index contributed by atoms with van der Waals surface area (Å²) >= 11 is 6.16. The Morgan fingerprint density at radius 3 is 2.03 bits per heavy atom. The van der Waals surface area contributed by atoms with Crippen LogP contribution in [-0.2, 0) is 15.8 Å². The van der Waals surface area contributed by atoms with Gasteiger partial charge in [0, 0.05) is 0 Å². The molecule has 4 bridgehead atoms. The predicted octanol–water partition coefficient (Wildman–Crippen LogP) is 4.44. The molecule has 1 saturated heterocycles. The van der Waals surface area contributed by atoms with E-state index in [-0.39, 0.29) is 5.91 Å². The fourth-order valence-electron chi connectivity index (χ4n) is 6.38. The van der Waals surface area contributed by atoms with Crippen LogP contribution in [0.5, 0.6) is 0 Å². The minimum atomic E-state index is -4.43. The second-order valence-corrected chi connectivity index (χ2v) is 9.78. The molecule has 2 unspecified atom stereocenters. The van der Waals surface area contributed by atoms with E-state index in [9.17, 15) is 22.8 Å².